The molecule has 1 aromatic carbocycles. The van der Waals surface area contributed by atoms with Gasteiger partial charge in [-0.1, -0.05) is 18.2 Å². The number of rotatable bonds is 4. The Morgan fingerprint density at radius 1 is 0.862 bits per heavy atom. The molecular formula is C21H21N7O. The Hall–Kier alpha value is -3.68. The molecule has 4 heterocycles. The standard InChI is InChI=1S/C21H21N7O/c1-29-18-7-3-2-6-17(18)26-10-12-27(13-11-26)20-16-14-25-28(21(16)24-15-23-20)19-8-4-5-9-22-19/h2-9,14-15H,10-13H2,1H3. The first kappa shape index (κ1) is 17.4. The third kappa shape index (κ3) is 3.12. The summed E-state index contributed by atoms with van der Waals surface area (Å²) in [6.45, 7) is 3.50. The summed E-state index contributed by atoms with van der Waals surface area (Å²) >= 11 is 0. The van der Waals surface area contributed by atoms with Crippen molar-refractivity contribution in [2.45, 2.75) is 0 Å². The van der Waals surface area contributed by atoms with Crippen molar-refractivity contribution in [1.82, 2.24) is 24.7 Å². The molecule has 0 amide bonds. The van der Waals surface area contributed by atoms with E-state index < -0.39 is 0 Å². The number of ether oxygens (including phenoxy) is 1. The van der Waals surface area contributed by atoms with Crippen molar-refractivity contribution >= 4 is 22.5 Å². The fourth-order valence-electron chi connectivity index (χ4n) is 3.78. The van der Waals surface area contributed by atoms with Gasteiger partial charge in [-0.25, -0.2) is 15.0 Å². The molecule has 0 bridgehead atoms. The SMILES string of the molecule is COc1ccccc1N1CCN(c2ncnc3c2cnn3-c2ccccn2)CC1. The van der Waals surface area contributed by atoms with Crippen molar-refractivity contribution in [3.8, 4) is 11.6 Å². The van der Waals surface area contributed by atoms with Crippen LogP contribution in [0.1, 0.15) is 0 Å². The number of methoxy groups -OCH3 is 1. The van der Waals surface area contributed by atoms with E-state index in [1.54, 1.807) is 24.3 Å². The number of hydrogen-bond acceptors (Lipinski definition) is 7. The van der Waals surface area contributed by atoms with Crippen LogP contribution in [0.15, 0.2) is 61.2 Å². The molecule has 0 saturated carbocycles. The van der Waals surface area contributed by atoms with Crippen LogP contribution in [0.3, 0.4) is 0 Å². The molecule has 5 rings (SSSR count). The quantitative estimate of drug-likeness (QED) is 0.533. The molecule has 0 spiro atoms. The number of aromatic nitrogens is 5. The van der Waals surface area contributed by atoms with E-state index in [1.807, 2.05) is 42.6 Å². The lowest BCUT2D eigenvalue weighted by Crippen LogP contribution is -2.47. The number of nitrogens with zero attached hydrogens (tertiary/aromatic N) is 7. The summed E-state index contributed by atoms with van der Waals surface area (Å²) in [6.07, 6.45) is 5.18. The highest BCUT2D eigenvalue weighted by molar-refractivity contribution is 5.87. The molecule has 4 aromatic rings. The van der Waals surface area contributed by atoms with Crippen molar-refractivity contribution in [3.63, 3.8) is 0 Å². The van der Waals surface area contributed by atoms with Gasteiger partial charge in [0.05, 0.1) is 24.4 Å². The summed E-state index contributed by atoms with van der Waals surface area (Å²) in [5, 5.41) is 5.44. The summed E-state index contributed by atoms with van der Waals surface area (Å²) in [5.41, 5.74) is 1.89. The lowest BCUT2D eigenvalue weighted by atomic mass is 10.2. The van der Waals surface area contributed by atoms with Gasteiger partial charge in [-0.3, -0.25) is 0 Å². The molecule has 3 aromatic heterocycles. The van der Waals surface area contributed by atoms with Crippen molar-refractivity contribution in [1.29, 1.82) is 0 Å². The Bertz CT molecular complexity index is 1120. The van der Waals surface area contributed by atoms with Crippen molar-refractivity contribution in [2.24, 2.45) is 0 Å². The smallest absolute Gasteiger partial charge is 0.170 e. The van der Waals surface area contributed by atoms with E-state index in [1.165, 1.54) is 0 Å². The van der Waals surface area contributed by atoms with Crippen molar-refractivity contribution in [2.75, 3.05) is 43.1 Å². The molecule has 146 valence electrons. The molecule has 1 aliphatic heterocycles. The molecule has 29 heavy (non-hydrogen) atoms. The van der Waals surface area contributed by atoms with E-state index in [-0.39, 0.29) is 0 Å². The first-order valence-corrected chi connectivity index (χ1v) is 9.58. The Morgan fingerprint density at radius 2 is 1.66 bits per heavy atom. The highest BCUT2D eigenvalue weighted by atomic mass is 16.5. The third-order valence-electron chi connectivity index (χ3n) is 5.22. The predicted molar refractivity (Wildman–Crippen MR) is 112 cm³/mol. The van der Waals surface area contributed by atoms with Gasteiger partial charge in [-0.05, 0) is 24.3 Å². The molecule has 0 aliphatic carbocycles. The maximum absolute atomic E-state index is 5.52. The zero-order chi connectivity index (χ0) is 19.6. The highest BCUT2D eigenvalue weighted by Crippen LogP contribution is 2.30. The Kier molecular flexibility index (Phi) is 4.44. The van der Waals surface area contributed by atoms with Gasteiger partial charge in [0.1, 0.15) is 17.9 Å². The summed E-state index contributed by atoms with van der Waals surface area (Å²) in [6, 6.07) is 13.9. The summed E-state index contributed by atoms with van der Waals surface area (Å²) in [4.78, 5) is 18.0. The van der Waals surface area contributed by atoms with Crippen LogP contribution in [0.4, 0.5) is 11.5 Å². The zero-order valence-corrected chi connectivity index (χ0v) is 16.1. The minimum absolute atomic E-state index is 0.744. The maximum atomic E-state index is 5.52. The zero-order valence-electron chi connectivity index (χ0n) is 16.1. The molecule has 1 fully saturated rings. The lowest BCUT2D eigenvalue weighted by Gasteiger charge is -2.37. The van der Waals surface area contributed by atoms with E-state index in [0.29, 0.717) is 0 Å². The van der Waals surface area contributed by atoms with Gasteiger partial charge in [0, 0.05) is 32.4 Å². The van der Waals surface area contributed by atoms with Crippen LogP contribution in [0.2, 0.25) is 0 Å². The molecule has 1 saturated heterocycles. The Morgan fingerprint density at radius 3 is 2.45 bits per heavy atom. The molecular weight excluding hydrogens is 366 g/mol. The lowest BCUT2D eigenvalue weighted by molar-refractivity contribution is 0.413. The number of piperazine rings is 1. The molecule has 8 nitrogen and oxygen atoms in total. The number of anilines is 2. The molecule has 0 N–H and O–H groups in total. The van der Waals surface area contributed by atoms with E-state index >= 15 is 0 Å². The maximum Gasteiger partial charge on any atom is 0.170 e. The average Bonchev–Trinajstić information content (AvgIpc) is 3.24. The van der Waals surface area contributed by atoms with Crippen LogP contribution in [-0.4, -0.2) is 58.0 Å². The molecule has 1 aliphatic rings. The van der Waals surface area contributed by atoms with Gasteiger partial charge in [-0.15, -0.1) is 0 Å². The third-order valence-corrected chi connectivity index (χ3v) is 5.22. The molecule has 0 atom stereocenters. The van der Waals surface area contributed by atoms with Gasteiger partial charge in [-0.2, -0.15) is 9.78 Å². The first-order valence-electron chi connectivity index (χ1n) is 9.58. The minimum atomic E-state index is 0.744. The summed E-state index contributed by atoms with van der Waals surface area (Å²) in [7, 11) is 1.71. The Balaban J connectivity index is 1.41. The molecule has 8 heteroatoms. The highest BCUT2D eigenvalue weighted by Gasteiger charge is 2.23. The van der Waals surface area contributed by atoms with Crippen LogP contribution in [0.25, 0.3) is 16.9 Å². The number of benzene rings is 1. The molecule has 0 unspecified atom stereocenters. The van der Waals surface area contributed by atoms with Gasteiger partial charge in [0.2, 0.25) is 0 Å². The Labute approximate surface area is 168 Å². The number of hydrogen-bond donors (Lipinski definition) is 0. The topological polar surface area (TPSA) is 72.2 Å². The van der Waals surface area contributed by atoms with Crippen LogP contribution < -0.4 is 14.5 Å². The van der Waals surface area contributed by atoms with E-state index in [9.17, 15) is 0 Å². The normalized spacial score (nSPS) is 14.4. The van der Waals surface area contributed by atoms with Crippen LogP contribution in [-0.2, 0) is 0 Å². The monoisotopic (exact) mass is 387 g/mol. The van der Waals surface area contributed by atoms with Gasteiger partial charge in [0.15, 0.2) is 11.5 Å². The number of fused-ring (bicyclic) bond motifs is 1. The first-order chi connectivity index (χ1) is 14.3. The predicted octanol–water partition coefficient (Wildman–Crippen LogP) is 2.55. The second-order valence-corrected chi connectivity index (χ2v) is 6.82. The van der Waals surface area contributed by atoms with E-state index in [2.05, 4.69) is 35.9 Å². The summed E-state index contributed by atoms with van der Waals surface area (Å²) < 4.78 is 7.28. The minimum Gasteiger partial charge on any atom is -0.495 e. The molecule has 0 radical (unpaired) electrons. The number of pyridine rings is 1. The fraction of sp³-hybridized carbons (Fsp3) is 0.238. The van der Waals surface area contributed by atoms with Crippen LogP contribution in [0.5, 0.6) is 5.75 Å². The van der Waals surface area contributed by atoms with E-state index in [4.69, 9.17) is 4.74 Å². The van der Waals surface area contributed by atoms with Crippen LogP contribution >= 0.6 is 0 Å². The number of para-hydroxylation sites is 2. The van der Waals surface area contributed by atoms with E-state index in [0.717, 1.165) is 60.3 Å². The van der Waals surface area contributed by atoms with Gasteiger partial charge < -0.3 is 14.5 Å². The van der Waals surface area contributed by atoms with Crippen LogP contribution in [0, 0.1) is 0 Å². The largest absolute Gasteiger partial charge is 0.495 e. The van der Waals surface area contributed by atoms with Crippen molar-refractivity contribution in [3.05, 3.63) is 61.2 Å². The average molecular weight is 387 g/mol. The van der Waals surface area contributed by atoms with Gasteiger partial charge >= 0.3 is 0 Å². The van der Waals surface area contributed by atoms with Crippen molar-refractivity contribution < 1.29 is 4.74 Å². The fourth-order valence-corrected chi connectivity index (χ4v) is 3.78. The second kappa shape index (κ2) is 7.38. The summed E-state index contributed by atoms with van der Waals surface area (Å²) in [5.74, 6) is 2.56. The van der Waals surface area contributed by atoms with Gasteiger partial charge in [0.25, 0.3) is 0 Å². The second-order valence-electron chi connectivity index (χ2n) is 6.82.